The number of anilines is 1. The molecule has 1 aromatic heterocycles. The summed E-state index contributed by atoms with van der Waals surface area (Å²) < 4.78 is 0. The highest BCUT2D eigenvalue weighted by Crippen LogP contribution is 2.21. The SMILES string of the molecule is C/C=C/Cc1ccccc1N=CC(=O)c1ccc(Cc2nccnc2N2CC(=O)NC(C)C2)cc1. The lowest BCUT2D eigenvalue weighted by atomic mass is 10.0. The van der Waals surface area contributed by atoms with Crippen molar-refractivity contribution in [2.45, 2.75) is 32.7 Å². The van der Waals surface area contributed by atoms with E-state index in [1.165, 1.54) is 6.21 Å². The third-order valence-corrected chi connectivity index (χ3v) is 5.78. The van der Waals surface area contributed by atoms with E-state index in [2.05, 4.69) is 26.4 Å². The van der Waals surface area contributed by atoms with Crippen molar-refractivity contribution >= 4 is 29.4 Å². The number of aromatic nitrogens is 2. The second kappa shape index (κ2) is 11.3. The van der Waals surface area contributed by atoms with Crippen molar-refractivity contribution in [1.29, 1.82) is 0 Å². The summed E-state index contributed by atoms with van der Waals surface area (Å²) >= 11 is 0. The first-order valence-electron chi connectivity index (χ1n) is 11.7. The lowest BCUT2D eigenvalue weighted by Gasteiger charge is -2.32. The first kappa shape index (κ1) is 24.0. The summed E-state index contributed by atoms with van der Waals surface area (Å²) in [5.74, 6) is 0.554. The largest absolute Gasteiger partial charge is 0.350 e. The predicted molar refractivity (Wildman–Crippen MR) is 139 cm³/mol. The molecule has 1 fully saturated rings. The minimum atomic E-state index is -0.147. The molecule has 178 valence electrons. The normalized spacial score (nSPS) is 16.1. The van der Waals surface area contributed by atoms with E-state index in [0.717, 1.165) is 34.7 Å². The predicted octanol–water partition coefficient (Wildman–Crippen LogP) is 4.10. The van der Waals surface area contributed by atoms with Crippen LogP contribution in [0.3, 0.4) is 0 Å². The van der Waals surface area contributed by atoms with E-state index in [4.69, 9.17) is 0 Å². The molecule has 2 aromatic carbocycles. The zero-order valence-corrected chi connectivity index (χ0v) is 20.0. The van der Waals surface area contributed by atoms with Gasteiger partial charge in [-0.1, -0.05) is 54.6 Å². The number of para-hydroxylation sites is 1. The van der Waals surface area contributed by atoms with Crippen molar-refractivity contribution in [2.24, 2.45) is 4.99 Å². The maximum atomic E-state index is 12.7. The summed E-state index contributed by atoms with van der Waals surface area (Å²) in [4.78, 5) is 40.1. The minimum Gasteiger partial charge on any atom is -0.350 e. The number of carbonyl (C=O) groups is 2. The molecule has 0 aliphatic carbocycles. The Morgan fingerprint density at radius 1 is 1.14 bits per heavy atom. The fraction of sp³-hybridized carbons (Fsp3) is 0.250. The van der Waals surface area contributed by atoms with Gasteiger partial charge in [-0.25, -0.2) is 4.98 Å². The minimum absolute atomic E-state index is 0.0191. The van der Waals surface area contributed by atoms with Gasteiger partial charge in [0.15, 0.2) is 5.82 Å². The van der Waals surface area contributed by atoms with E-state index in [1.807, 2.05) is 73.4 Å². The molecule has 0 saturated carbocycles. The Hall–Kier alpha value is -4.13. The number of allylic oxidation sites excluding steroid dienone is 2. The van der Waals surface area contributed by atoms with Crippen molar-refractivity contribution in [2.75, 3.05) is 18.0 Å². The van der Waals surface area contributed by atoms with Crippen LogP contribution < -0.4 is 10.2 Å². The Bertz CT molecular complexity index is 1250. The molecule has 7 heteroatoms. The number of Topliss-reactive ketones (excluding diaryl/α,β-unsaturated/α-hetero) is 1. The third kappa shape index (κ3) is 6.26. The number of amides is 1. The molecule has 1 aliphatic rings. The van der Waals surface area contributed by atoms with Gasteiger partial charge in [0.25, 0.3) is 0 Å². The molecule has 3 aromatic rings. The molecular formula is C28H29N5O2. The molecule has 1 N–H and O–H groups in total. The number of benzene rings is 2. The Labute approximate surface area is 205 Å². The maximum Gasteiger partial charge on any atom is 0.239 e. The van der Waals surface area contributed by atoms with Crippen LogP contribution in [0.25, 0.3) is 0 Å². The number of rotatable bonds is 8. The number of nitrogens with one attached hydrogen (secondary N) is 1. The molecule has 7 nitrogen and oxygen atoms in total. The molecule has 1 aliphatic heterocycles. The molecule has 0 bridgehead atoms. The van der Waals surface area contributed by atoms with Crippen molar-refractivity contribution in [3.05, 3.63) is 95.5 Å². The average molecular weight is 468 g/mol. The zero-order chi connectivity index (χ0) is 24.6. The second-order valence-corrected chi connectivity index (χ2v) is 8.57. The smallest absolute Gasteiger partial charge is 0.239 e. The highest BCUT2D eigenvalue weighted by Gasteiger charge is 2.24. The number of aliphatic imine (C=N–C) groups is 1. The number of carbonyl (C=O) groups excluding carboxylic acids is 2. The lowest BCUT2D eigenvalue weighted by Crippen LogP contribution is -2.53. The summed E-state index contributed by atoms with van der Waals surface area (Å²) in [7, 11) is 0. The van der Waals surface area contributed by atoms with Crippen LogP contribution in [0.15, 0.2) is 78.1 Å². The van der Waals surface area contributed by atoms with Gasteiger partial charge in [-0.2, -0.15) is 0 Å². The van der Waals surface area contributed by atoms with Crippen LogP contribution in [0.2, 0.25) is 0 Å². The molecule has 0 spiro atoms. The summed E-state index contributed by atoms with van der Waals surface area (Å²) in [5.41, 5.74) is 4.25. The Balaban J connectivity index is 1.46. The van der Waals surface area contributed by atoms with E-state index in [1.54, 1.807) is 12.4 Å². The number of nitrogens with zero attached hydrogens (tertiary/aromatic N) is 4. The molecule has 1 saturated heterocycles. The van der Waals surface area contributed by atoms with E-state index in [9.17, 15) is 9.59 Å². The Morgan fingerprint density at radius 3 is 2.69 bits per heavy atom. The average Bonchev–Trinajstić information content (AvgIpc) is 2.86. The number of piperazine rings is 1. The van der Waals surface area contributed by atoms with Crippen LogP contribution in [-0.2, 0) is 17.6 Å². The van der Waals surface area contributed by atoms with Gasteiger partial charge in [0.1, 0.15) is 0 Å². The maximum absolute atomic E-state index is 12.7. The topological polar surface area (TPSA) is 87.6 Å². The highest BCUT2D eigenvalue weighted by molar-refractivity contribution is 6.35. The number of ketones is 1. The second-order valence-electron chi connectivity index (χ2n) is 8.57. The molecule has 4 rings (SSSR count). The quantitative estimate of drug-likeness (QED) is 0.306. The van der Waals surface area contributed by atoms with Gasteiger partial charge >= 0.3 is 0 Å². The number of hydrogen-bond acceptors (Lipinski definition) is 6. The van der Waals surface area contributed by atoms with Gasteiger partial charge in [-0.05, 0) is 37.5 Å². The van der Waals surface area contributed by atoms with Crippen molar-refractivity contribution in [3.63, 3.8) is 0 Å². The first-order valence-corrected chi connectivity index (χ1v) is 11.7. The fourth-order valence-corrected chi connectivity index (χ4v) is 4.08. The van der Waals surface area contributed by atoms with E-state index in [-0.39, 0.29) is 24.3 Å². The lowest BCUT2D eigenvalue weighted by molar-refractivity contribution is -0.121. The number of hydrogen-bond donors (Lipinski definition) is 1. The first-order chi connectivity index (χ1) is 17.0. The van der Waals surface area contributed by atoms with Crippen molar-refractivity contribution in [3.8, 4) is 0 Å². The zero-order valence-electron chi connectivity index (χ0n) is 20.0. The molecule has 1 unspecified atom stereocenters. The van der Waals surface area contributed by atoms with E-state index >= 15 is 0 Å². The van der Waals surface area contributed by atoms with Gasteiger partial charge in [0, 0.05) is 37.0 Å². The molecule has 35 heavy (non-hydrogen) atoms. The van der Waals surface area contributed by atoms with Crippen LogP contribution in [0, 0.1) is 0 Å². The molecular weight excluding hydrogens is 438 g/mol. The summed E-state index contributed by atoms with van der Waals surface area (Å²) in [5, 5.41) is 2.92. The van der Waals surface area contributed by atoms with Crippen LogP contribution in [0.5, 0.6) is 0 Å². The Morgan fingerprint density at radius 2 is 1.91 bits per heavy atom. The standard InChI is InChI=1S/C28H29N5O2/c1-3-4-7-22-8-5-6-9-24(22)31-17-26(34)23-12-10-21(11-13-23)16-25-28(30-15-14-29-25)33-18-20(2)32-27(35)19-33/h3-6,8-15,17,20H,7,16,18-19H2,1-2H3,(H,32,35)/b4-3+,31-17?. The molecule has 0 radical (unpaired) electrons. The van der Waals surface area contributed by atoms with Crippen LogP contribution in [-0.4, -0.2) is 47.0 Å². The van der Waals surface area contributed by atoms with Gasteiger partial charge in [0.2, 0.25) is 11.7 Å². The van der Waals surface area contributed by atoms with Gasteiger partial charge in [-0.15, -0.1) is 0 Å². The van der Waals surface area contributed by atoms with Crippen LogP contribution >= 0.6 is 0 Å². The van der Waals surface area contributed by atoms with E-state index < -0.39 is 0 Å². The van der Waals surface area contributed by atoms with Crippen molar-refractivity contribution in [1.82, 2.24) is 15.3 Å². The molecule has 1 amide bonds. The van der Waals surface area contributed by atoms with E-state index in [0.29, 0.717) is 18.5 Å². The Kier molecular flexibility index (Phi) is 7.77. The van der Waals surface area contributed by atoms with Crippen LogP contribution in [0.1, 0.15) is 41.0 Å². The summed E-state index contributed by atoms with van der Waals surface area (Å²) in [6.07, 6.45) is 10.1. The van der Waals surface area contributed by atoms with Gasteiger partial charge in [0.05, 0.1) is 24.1 Å². The highest BCUT2D eigenvalue weighted by atomic mass is 16.2. The third-order valence-electron chi connectivity index (χ3n) is 5.78. The van der Waals surface area contributed by atoms with Crippen LogP contribution in [0.4, 0.5) is 11.5 Å². The van der Waals surface area contributed by atoms with Gasteiger partial charge < -0.3 is 10.2 Å². The monoisotopic (exact) mass is 467 g/mol. The summed E-state index contributed by atoms with van der Waals surface area (Å²) in [6.45, 7) is 4.90. The molecule has 1 atom stereocenters. The molecule has 2 heterocycles. The summed E-state index contributed by atoms with van der Waals surface area (Å²) in [6, 6.07) is 15.3. The van der Waals surface area contributed by atoms with Crippen molar-refractivity contribution < 1.29 is 9.59 Å². The fourth-order valence-electron chi connectivity index (χ4n) is 4.08. The van der Waals surface area contributed by atoms with Gasteiger partial charge in [-0.3, -0.25) is 19.6 Å².